The zero-order chi connectivity index (χ0) is 26.4. The van der Waals surface area contributed by atoms with Crippen LogP contribution in [0.25, 0.3) is 0 Å². The van der Waals surface area contributed by atoms with Gasteiger partial charge in [0.25, 0.3) is 0 Å². The van der Waals surface area contributed by atoms with Gasteiger partial charge >= 0.3 is 0 Å². The van der Waals surface area contributed by atoms with Crippen molar-refractivity contribution in [1.82, 2.24) is 20.9 Å². The van der Waals surface area contributed by atoms with Crippen LogP contribution in [-0.2, 0) is 28.7 Å². The number of aliphatic hydroxyl groups excluding tert-OH is 4. The lowest BCUT2D eigenvalue weighted by Crippen LogP contribution is -2.57. The molecule has 0 unspecified atom stereocenters. The van der Waals surface area contributed by atoms with E-state index in [1.165, 1.54) is 14.0 Å². The van der Waals surface area contributed by atoms with Gasteiger partial charge in [0.2, 0.25) is 23.6 Å². The van der Waals surface area contributed by atoms with Crippen molar-refractivity contribution in [2.75, 3.05) is 46.4 Å². The molecule has 7 N–H and O–H groups in total. The Morgan fingerprint density at radius 1 is 0.886 bits per heavy atom. The maximum atomic E-state index is 12.6. The second kappa shape index (κ2) is 16.3. The number of rotatable bonds is 15. The van der Waals surface area contributed by atoms with Gasteiger partial charge in [-0.3, -0.25) is 19.2 Å². The number of carbonyl (C=O) groups is 4. The lowest BCUT2D eigenvalue weighted by Gasteiger charge is -2.38. The van der Waals surface area contributed by atoms with E-state index in [1.54, 1.807) is 0 Å². The van der Waals surface area contributed by atoms with Crippen LogP contribution in [0.2, 0.25) is 0 Å². The molecule has 0 radical (unpaired) electrons. The largest absolute Gasteiger partial charge is 0.395 e. The van der Waals surface area contributed by atoms with Crippen molar-refractivity contribution in [3.05, 3.63) is 0 Å². The SMILES string of the molecule is CNC(=O)CCCCC(=O)N(CC(=O)NCCO)CC(=O)NCCO[C@@H]1O[C@@H](C)[C@@H](O)[C@@H](O)[C@@H]1O. The van der Waals surface area contributed by atoms with Crippen molar-refractivity contribution >= 4 is 23.6 Å². The summed E-state index contributed by atoms with van der Waals surface area (Å²) in [6.45, 7) is 0.378. The standard InChI is InChI=1S/C21H38N4O10/c1-13-18(31)19(32)20(33)21(35-13)34-10-8-24-16(29)12-25(11-15(28)23-7-9-26)17(30)6-4-3-5-14(27)22-2/h13,18-21,26,31-33H,3-12H2,1-2H3,(H,22,27)(H,23,28)(H,24,29)/t13-,18+,19+,20-,21+/m0/s1. The van der Waals surface area contributed by atoms with E-state index in [2.05, 4.69) is 16.0 Å². The van der Waals surface area contributed by atoms with Gasteiger partial charge < -0.3 is 50.8 Å². The van der Waals surface area contributed by atoms with Gasteiger partial charge in [-0.05, 0) is 19.8 Å². The van der Waals surface area contributed by atoms with E-state index < -0.39 is 55.0 Å². The second-order valence-electron chi connectivity index (χ2n) is 8.11. The molecule has 1 saturated heterocycles. The molecule has 4 amide bonds. The van der Waals surface area contributed by atoms with Crippen LogP contribution >= 0.6 is 0 Å². The Bertz CT molecular complexity index is 695. The first-order valence-corrected chi connectivity index (χ1v) is 11.5. The normalized spacial score (nSPS) is 23.9. The van der Waals surface area contributed by atoms with Gasteiger partial charge in [0.1, 0.15) is 31.4 Å². The molecule has 0 saturated carbocycles. The molecule has 1 heterocycles. The molecule has 0 bridgehead atoms. The fourth-order valence-corrected chi connectivity index (χ4v) is 3.25. The summed E-state index contributed by atoms with van der Waals surface area (Å²) in [6.07, 6.45) is -4.94. The van der Waals surface area contributed by atoms with E-state index >= 15 is 0 Å². The molecular formula is C21H38N4O10. The first-order valence-electron chi connectivity index (χ1n) is 11.5. The second-order valence-corrected chi connectivity index (χ2v) is 8.11. The number of aliphatic hydroxyl groups is 4. The molecular weight excluding hydrogens is 468 g/mol. The van der Waals surface area contributed by atoms with E-state index in [4.69, 9.17) is 14.6 Å². The predicted molar refractivity (Wildman–Crippen MR) is 121 cm³/mol. The fraction of sp³-hybridized carbons (Fsp3) is 0.810. The Balaban J connectivity index is 2.50. The number of unbranched alkanes of at least 4 members (excludes halogenated alkanes) is 1. The molecule has 5 atom stereocenters. The minimum atomic E-state index is -1.47. The zero-order valence-corrected chi connectivity index (χ0v) is 20.1. The highest BCUT2D eigenvalue weighted by molar-refractivity contribution is 5.89. The van der Waals surface area contributed by atoms with Gasteiger partial charge in [-0.1, -0.05) is 0 Å². The van der Waals surface area contributed by atoms with Crippen molar-refractivity contribution in [1.29, 1.82) is 0 Å². The van der Waals surface area contributed by atoms with Crippen LogP contribution < -0.4 is 16.0 Å². The fourth-order valence-electron chi connectivity index (χ4n) is 3.25. The first kappa shape index (κ1) is 30.7. The van der Waals surface area contributed by atoms with Gasteiger partial charge in [0.15, 0.2) is 6.29 Å². The summed E-state index contributed by atoms with van der Waals surface area (Å²) in [5.41, 5.74) is 0. The summed E-state index contributed by atoms with van der Waals surface area (Å²) in [4.78, 5) is 49.3. The third-order valence-corrected chi connectivity index (χ3v) is 5.29. The number of hydrogen-bond donors (Lipinski definition) is 7. The van der Waals surface area contributed by atoms with E-state index in [0.29, 0.717) is 12.8 Å². The van der Waals surface area contributed by atoms with Crippen LogP contribution in [-0.4, -0.2) is 126 Å². The van der Waals surface area contributed by atoms with Crippen molar-refractivity contribution in [3.8, 4) is 0 Å². The molecule has 1 aliphatic rings. The Labute approximate surface area is 203 Å². The number of ether oxygens (including phenoxy) is 2. The summed E-state index contributed by atoms with van der Waals surface area (Å²) in [6, 6.07) is 0. The summed E-state index contributed by atoms with van der Waals surface area (Å²) in [5.74, 6) is -1.68. The van der Waals surface area contributed by atoms with Crippen LogP contribution in [0.4, 0.5) is 0 Å². The van der Waals surface area contributed by atoms with Gasteiger partial charge in [0, 0.05) is 33.0 Å². The van der Waals surface area contributed by atoms with Crippen LogP contribution in [0.15, 0.2) is 0 Å². The molecule has 0 aromatic rings. The minimum absolute atomic E-state index is 0.00988. The van der Waals surface area contributed by atoms with Gasteiger partial charge in [-0.15, -0.1) is 0 Å². The average Bonchev–Trinajstić information content (AvgIpc) is 2.83. The quantitative estimate of drug-likeness (QED) is 0.108. The molecule has 0 aromatic carbocycles. The van der Waals surface area contributed by atoms with Crippen molar-refractivity contribution < 1.29 is 49.1 Å². The molecule has 0 aromatic heterocycles. The lowest BCUT2D eigenvalue weighted by atomic mass is 10.0. The molecule has 1 fully saturated rings. The molecule has 0 aliphatic carbocycles. The number of carbonyl (C=O) groups excluding carboxylic acids is 4. The maximum absolute atomic E-state index is 12.6. The highest BCUT2D eigenvalue weighted by Crippen LogP contribution is 2.21. The molecule has 1 rings (SSSR count). The van der Waals surface area contributed by atoms with Crippen LogP contribution in [0.3, 0.4) is 0 Å². The topological polar surface area (TPSA) is 207 Å². The number of nitrogens with zero attached hydrogens (tertiary/aromatic N) is 1. The van der Waals surface area contributed by atoms with Crippen molar-refractivity contribution in [2.24, 2.45) is 0 Å². The molecule has 0 spiro atoms. The van der Waals surface area contributed by atoms with Crippen LogP contribution in [0, 0.1) is 0 Å². The third kappa shape index (κ3) is 11.3. The summed E-state index contributed by atoms with van der Waals surface area (Å²) in [5, 5.41) is 45.7. The molecule has 14 heteroatoms. The predicted octanol–water partition coefficient (Wildman–Crippen LogP) is -3.81. The van der Waals surface area contributed by atoms with Crippen molar-refractivity contribution in [2.45, 2.75) is 63.3 Å². The van der Waals surface area contributed by atoms with Gasteiger partial charge in [0.05, 0.1) is 19.3 Å². The monoisotopic (exact) mass is 506 g/mol. The summed E-state index contributed by atoms with van der Waals surface area (Å²) >= 11 is 0. The van der Waals surface area contributed by atoms with Crippen molar-refractivity contribution in [3.63, 3.8) is 0 Å². The minimum Gasteiger partial charge on any atom is -0.395 e. The maximum Gasteiger partial charge on any atom is 0.239 e. The zero-order valence-electron chi connectivity index (χ0n) is 20.1. The number of nitrogens with one attached hydrogen (secondary N) is 3. The molecule has 14 nitrogen and oxygen atoms in total. The summed E-state index contributed by atoms with van der Waals surface area (Å²) in [7, 11) is 1.52. The Morgan fingerprint density at radius 2 is 1.49 bits per heavy atom. The number of hydrogen-bond acceptors (Lipinski definition) is 10. The molecule has 35 heavy (non-hydrogen) atoms. The summed E-state index contributed by atoms with van der Waals surface area (Å²) < 4.78 is 10.6. The Morgan fingerprint density at radius 3 is 2.09 bits per heavy atom. The van der Waals surface area contributed by atoms with Crippen LogP contribution in [0.5, 0.6) is 0 Å². The molecule has 202 valence electrons. The average molecular weight is 507 g/mol. The smallest absolute Gasteiger partial charge is 0.239 e. The van der Waals surface area contributed by atoms with Gasteiger partial charge in [-0.25, -0.2) is 0 Å². The van der Waals surface area contributed by atoms with Crippen LogP contribution in [0.1, 0.15) is 32.6 Å². The first-order chi connectivity index (χ1) is 16.6. The van der Waals surface area contributed by atoms with E-state index in [9.17, 15) is 34.5 Å². The Kier molecular flexibility index (Phi) is 14.3. The third-order valence-electron chi connectivity index (χ3n) is 5.29. The highest BCUT2D eigenvalue weighted by atomic mass is 16.7. The molecule has 1 aliphatic heterocycles. The van der Waals surface area contributed by atoms with E-state index in [1.807, 2.05) is 0 Å². The van der Waals surface area contributed by atoms with E-state index in [-0.39, 0.29) is 51.6 Å². The lowest BCUT2D eigenvalue weighted by molar-refractivity contribution is -0.292. The highest BCUT2D eigenvalue weighted by Gasteiger charge is 2.42. The number of amides is 4. The van der Waals surface area contributed by atoms with Gasteiger partial charge in [-0.2, -0.15) is 0 Å². The van der Waals surface area contributed by atoms with E-state index in [0.717, 1.165) is 4.90 Å². The Hall–Kier alpha value is -2.36.